The van der Waals surface area contributed by atoms with E-state index in [2.05, 4.69) is 49.9 Å². The Morgan fingerprint density at radius 2 is 2.20 bits per heavy atom. The fourth-order valence-corrected chi connectivity index (χ4v) is 2.83. The first kappa shape index (κ1) is 15.3. The van der Waals surface area contributed by atoms with Crippen LogP contribution in [0.4, 0.5) is 5.82 Å². The fraction of sp³-hybridized carbons (Fsp3) is 0.688. The molecule has 0 aromatic carbocycles. The molecule has 1 aliphatic heterocycles. The molecule has 1 unspecified atom stereocenters. The van der Waals surface area contributed by atoms with Crippen LogP contribution in [0.3, 0.4) is 0 Å². The quantitative estimate of drug-likeness (QED) is 0.915. The second-order valence-electron chi connectivity index (χ2n) is 6.29. The van der Waals surface area contributed by atoms with Crippen LogP contribution in [-0.2, 0) is 6.54 Å². The number of nitrogens with two attached hydrogens (primary N) is 1. The Bertz CT molecular complexity index is 444. The molecule has 0 amide bonds. The van der Waals surface area contributed by atoms with Gasteiger partial charge in [0.15, 0.2) is 0 Å². The van der Waals surface area contributed by atoms with Crippen LogP contribution in [0.2, 0.25) is 0 Å². The summed E-state index contributed by atoms with van der Waals surface area (Å²) in [5.41, 5.74) is 8.15. The molecule has 0 saturated carbocycles. The molecular weight excluding hydrogens is 248 g/mol. The van der Waals surface area contributed by atoms with E-state index < -0.39 is 0 Å². The number of nitrogens with zero attached hydrogens (tertiary/aromatic N) is 3. The maximum absolute atomic E-state index is 5.83. The van der Waals surface area contributed by atoms with Crippen molar-refractivity contribution in [2.24, 2.45) is 5.73 Å². The first-order chi connectivity index (χ1) is 9.51. The number of likely N-dealkylation sites (tertiary alicyclic amines) is 1. The zero-order valence-electron chi connectivity index (χ0n) is 13.3. The Morgan fingerprint density at radius 3 is 2.80 bits per heavy atom. The summed E-state index contributed by atoms with van der Waals surface area (Å²) in [5.74, 6) is 1.50. The van der Waals surface area contributed by atoms with E-state index in [4.69, 9.17) is 10.7 Å². The van der Waals surface area contributed by atoms with Gasteiger partial charge in [-0.15, -0.1) is 0 Å². The molecule has 4 heteroatoms. The minimum Gasteiger partial charge on any atom is -0.355 e. The maximum Gasteiger partial charge on any atom is 0.129 e. The van der Waals surface area contributed by atoms with Gasteiger partial charge in [0.1, 0.15) is 5.82 Å². The molecule has 112 valence electrons. The van der Waals surface area contributed by atoms with Crippen molar-refractivity contribution in [1.29, 1.82) is 0 Å². The third-order valence-corrected chi connectivity index (χ3v) is 4.23. The van der Waals surface area contributed by atoms with Gasteiger partial charge in [-0.2, -0.15) is 0 Å². The number of aromatic nitrogens is 1. The molecule has 1 atom stereocenters. The first-order valence-electron chi connectivity index (χ1n) is 7.63. The van der Waals surface area contributed by atoms with E-state index in [9.17, 15) is 0 Å². The zero-order chi connectivity index (χ0) is 14.7. The molecule has 0 radical (unpaired) electrons. The lowest BCUT2D eigenvalue weighted by Gasteiger charge is -2.36. The van der Waals surface area contributed by atoms with E-state index >= 15 is 0 Å². The summed E-state index contributed by atoms with van der Waals surface area (Å²) < 4.78 is 0. The van der Waals surface area contributed by atoms with E-state index in [1.165, 1.54) is 24.9 Å². The average molecular weight is 276 g/mol. The second-order valence-corrected chi connectivity index (χ2v) is 6.29. The van der Waals surface area contributed by atoms with Crippen molar-refractivity contribution in [3.8, 4) is 0 Å². The molecule has 2 heterocycles. The van der Waals surface area contributed by atoms with Gasteiger partial charge in [-0.1, -0.05) is 13.8 Å². The number of hydrogen-bond donors (Lipinski definition) is 1. The monoisotopic (exact) mass is 276 g/mol. The van der Waals surface area contributed by atoms with Crippen molar-refractivity contribution < 1.29 is 0 Å². The standard InChI is InChI=1S/C16H28N4/c1-12(2)15-8-13(10-17)9-16(18-15)20(4)14-6-5-7-19(3)11-14/h8-9,12,14H,5-7,10-11,17H2,1-4H3. The van der Waals surface area contributed by atoms with E-state index in [0.717, 1.165) is 18.1 Å². The molecule has 1 aromatic heterocycles. The van der Waals surface area contributed by atoms with Crippen LogP contribution in [0.25, 0.3) is 0 Å². The number of piperidine rings is 1. The molecule has 1 fully saturated rings. The van der Waals surface area contributed by atoms with Crippen molar-refractivity contribution in [1.82, 2.24) is 9.88 Å². The number of hydrogen-bond acceptors (Lipinski definition) is 4. The van der Waals surface area contributed by atoms with Crippen LogP contribution < -0.4 is 10.6 Å². The highest BCUT2D eigenvalue weighted by molar-refractivity contribution is 5.44. The van der Waals surface area contributed by atoms with Crippen molar-refractivity contribution in [2.45, 2.75) is 45.2 Å². The molecule has 1 aliphatic rings. The van der Waals surface area contributed by atoms with Gasteiger partial charge in [0, 0.05) is 31.9 Å². The minimum absolute atomic E-state index is 0.433. The number of likely N-dealkylation sites (N-methyl/N-ethyl adjacent to an activating group) is 2. The van der Waals surface area contributed by atoms with E-state index in [1.807, 2.05) is 0 Å². The van der Waals surface area contributed by atoms with Crippen LogP contribution in [0.15, 0.2) is 12.1 Å². The van der Waals surface area contributed by atoms with Gasteiger partial charge in [-0.3, -0.25) is 0 Å². The molecule has 0 spiro atoms. The van der Waals surface area contributed by atoms with Gasteiger partial charge < -0.3 is 15.5 Å². The average Bonchev–Trinajstić information content (AvgIpc) is 2.45. The summed E-state index contributed by atoms with van der Waals surface area (Å²) in [5, 5.41) is 0. The maximum atomic E-state index is 5.83. The van der Waals surface area contributed by atoms with E-state index in [-0.39, 0.29) is 0 Å². The van der Waals surface area contributed by atoms with Crippen molar-refractivity contribution in [3.05, 3.63) is 23.4 Å². The first-order valence-corrected chi connectivity index (χ1v) is 7.63. The summed E-state index contributed by atoms with van der Waals surface area (Å²) in [6.45, 7) is 7.26. The van der Waals surface area contributed by atoms with E-state index in [1.54, 1.807) is 0 Å². The van der Waals surface area contributed by atoms with Gasteiger partial charge in [0.05, 0.1) is 0 Å². The molecule has 20 heavy (non-hydrogen) atoms. The lowest BCUT2D eigenvalue weighted by atomic mass is 10.0. The highest BCUT2D eigenvalue weighted by Crippen LogP contribution is 2.23. The molecule has 2 N–H and O–H groups in total. The van der Waals surface area contributed by atoms with E-state index in [0.29, 0.717) is 18.5 Å². The summed E-state index contributed by atoms with van der Waals surface area (Å²) in [4.78, 5) is 9.57. The topological polar surface area (TPSA) is 45.4 Å². The smallest absolute Gasteiger partial charge is 0.129 e. The Balaban J connectivity index is 2.23. The van der Waals surface area contributed by atoms with Crippen LogP contribution in [0.1, 0.15) is 43.9 Å². The zero-order valence-corrected chi connectivity index (χ0v) is 13.3. The number of pyridine rings is 1. The third kappa shape index (κ3) is 3.49. The SMILES string of the molecule is CC(C)c1cc(CN)cc(N(C)C2CCCN(C)C2)n1. The minimum atomic E-state index is 0.433. The van der Waals surface area contributed by atoms with Crippen LogP contribution in [0.5, 0.6) is 0 Å². The summed E-state index contributed by atoms with van der Waals surface area (Å²) in [7, 11) is 4.36. The van der Waals surface area contributed by atoms with Gasteiger partial charge >= 0.3 is 0 Å². The molecule has 4 nitrogen and oxygen atoms in total. The van der Waals surface area contributed by atoms with Crippen LogP contribution in [0, 0.1) is 0 Å². The predicted octanol–water partition coefficient (Wildman–Crippen LogP) is 2.19. The van der Waals surface area contributed by atoms with Crippen molar-refractivity contribution >= 4 is 5.82 Å². The summed E-state index contributed by atoms with van der Waals surface area (Å²) in [6.07, 6.45) is 2.51. The van der Waals surface area contributed by atoms with Gasteiger partial charge in [-0.25, -0.2) is 4.98 Å². The lowest BCUT2D eigenvalue weighted by Crippen LogP contribution is -2.45. The Hall–Kier alpha value is -1.13. The van der Waals surface area contributed by atoms with Gasteiger partial charge in [0.25, 0.3) is 0 Å². The van der Waals surface area contributed by atoms with Crippen molar-refractivity contribution in [2.75, 3.05) is 32.1 Å². The molecule has 0 aliphatic carbocycles. The second kappa shape index (κ2) is 6.55. The summed E-state index contributed by atoms with van der Waals surface area (Å²) in [6, 6.07) is 4.82. The molecule has 1 aromatic rings. The normalized spacial score (nSPS) is 20.4. The highest BCUT2D eigenvalue weighted by Gasteiger charge is 2.22. The largest absolute Gasteiger partial charge is 0.355 e. The number of anilines is 1. The predicted molar refractivity (Wildman–Crippen MR) is 85.1 cm³/mol. The Labute approximate surface area is 123 Å². The third-order valence-electron chi connectivity index (χ3n) is 4.23. The fourth-order valence-electron chi connectivity index (χ4n) is 2.83. The highest BCUT2D eigenvalue weighted by atomic mass is 15.2. The van der Waals surface area contributed by atoms with Gasteiger partial charge in [-0.05, 0) is 50.0 Å². The Kier molecular flexibility index (Phi) is 5.00. The molecule has 0 bridgehead atoms. The number of rotatable bonds is 4. The van der Waals surface area contributed by atoms with Crippen molar-refractivity contribution in [3.63, 3.8) is 0 Å². The van der Waals surface area contributed by atoms with Crippen LogP contribution in [-0.4, -0.2) is 43.1 Å². The molecule has 1 saturated heterocycles. The van der Waals surface area contributed by atoms with Crippen LogP contribution >= 0.6 is 0 Å². The lowest BCUT2D eigenvalue weighted by molar-refractivity contribution is 0.247. The molecular formula is C16H28N4. The molecule has 2 rings (SSSR count). The van der Waals surface area contributed by atoms with Gasteiger partial charge in [0.2, 0.25) is 0 Å². The summed E-state index contributed by atoms with van der Waals surface area (Å²) >= 11 is 0. The Morgan fingerprint density at radius 1 is 1.45 bits per heavy atom.